The van der Waals surface area contributed by atoms with Gasteiger partial charge in [-0.05, 0) is 43.0 Å². The zero-order valence-corrected chi connectivity index (χ0v) is 15.4. The molecule has 0 atom stereocenters. The van der Waals surface area contributed by atoms with Crippen LogP contribution in [0.5, 0.6) is 0 Å². The van der Waals surface area contributed by atoms with Gasteiger partial charge in [0.05, 0.1) is 5.56 Å². The van der Waals surface area contributed by atoms with E-state index in [2.05, 4.69) is 39.1 Å². The fraction of sp³-hybridized carbons (Fsp3) is 0.364. The predicted molar refractivity (Wildman–Crippen MR) is 106 cm³/mol. The maximum absolute atomic E-state index is 12.6. The smallest absolute Gasteiger partial charge is 0.255 e. The molecule has 0 unspecified atom stereocenters. The van der Waals surface area contributed by atoms with Crippen LogP contribution < -0.4 is 0 Å². The van der Waals surface area contributed by atoms with Crippen molar-refractivity contribution in [1.82, 2.24) is 19.8 Å². The lowest BCUT2D eigenvalue weighted by molar-refractivity contribution is 0.0597. The molecule has 5 heteroatoms. The first-order valence-electron chi connectivity index (χ1n) is 9.81. The van der Waals surface area contributed by atoms with Crippen molar-refractivity contribution in [3.8, 4) is 0 Å². The second-order valence-corrected chi connectivity index (χ2v) is 7.61. The van der Waals surface area contributed by atoms with Crippen LogP contribution in [0.25, 0.3) is 10.9 Å². The molecule has 2 aromatic heterocycles. The van der Waals surface area contributed by atoms with E-state index in [1.165, 1.54) is 22.2 Å². The summed E-state index contributed by atoms with van der Waals surface area (Å²) in [5, 5.41) is 1.38. The van der Waals surface area contributed by atoms with Crippen molar-refractivity contribution in [2.75, 3.05) is 19.6 Å². The summed E-state index contributed by atoms with van der Waals surface area (Å²) in [6.45, 7) is 3.75. The highest BCUT2D eigenvalue weighted by Crippen LogP contribution is 2.30. The number of rotatable bonds is 2. The molecule has 0 radical (unpaired) electrons. The van der Waals surface area contributed by atoms with Crippen LogP contribution in [0.15, 0.2) is 48.8 Å². The van der Waals surface area contributed by atoms with Gasteiger partial charge in [0.1, 0.15) is 0 Å². The van der Waals surface area contributed by atoms with Crippen LogP contribution in [0.3, 0.4) is 0 Å². The van der Waals surface area contributed by atoms with Crippen LogP contribution in [0.2, 0.25) is 0 Å². The standard InChI is InChI=1S/C22H24N4O/c27-22(16-4-3-10-23-14-16)25-11-7-17(8-12-25)26-13-9-19-18-5-1-2-6-20(18)24-21(19)15-26/h1-6,10,14,17,24H,7-9,11-13,15H2. The van der Waals surface area contributed by atoms with E-state index in [1.807, 2.05) is 17.0 Å². The Hall–Kier alpha value is -2.66. The molecule has 1 fully saturated rings. The number of likely N-dealkylation sites (tertiary alicyclic amines) is 1. The van der Waals surface area contributed by atoms with E-state index in [0.29, 0.717) is 11.6 Å². The lowest BCUT2D eigenvalue weighted by Crippen LogP contribution is -2.48. The van der Waals surface area contributed by atoms with E-state index in [4.69, 9.17) is 0 Å². The zero-order valence-electron chi connectivity index (χ0n) is 15.4. The molecule has 1 saturated heterocycles. The van der Waals surface area contributed by atoms with E-state index in [0.717, 1.165) is 45.4 Å². The summed E-state index contributed by atoms with van der Waals surface area (Å²) in [5.74, 6) is 0.109. The van der Waals surface area contributed by atoms with E-state index in [-0.39, 0.29) is 5.91 Å². The lowest BCUT2D eigenvalue weighted by atomic mass is 9.97. The van der Waals surface area contributed by atoms with Gasteiger partial charge in [-0.1, -0.05) is 18.2 Å². The van der Waals surface area contributed by atoms with Gasteiger partial charge in [0.2, 0.25) is 0 Å². The molecule has 0 aliphatic carbocycles. The number of nitrogens with zero attached hydrogens (tertiary/aromatic N) is 3. The third-order valence-electron chi connectivity index (χ3n) is 6.09. The minimum absolute atomic E-state index is 0.109. The van der Waals surface area contributed by atoms with Gasteiger partial charge in [-0.2, -0.15) is 0 Å². The number of fused-ring (bicyclic) bond motifs is 3. The zero-order chi connectivity index (χ0) is 18.2. The first-order valence-corrected chi connectivity index (χ1v) is 9.81. The molecule has 5 rings (SSSR count). The maximum atomic E-state index is 12.6. The number of benzene rings is 1. The number of para-hydroxylation sites is 1. The van der Waals surface area contributed by atoms with Crippen molar-refractivity contribution in [3.05, 3.63) is 65.6 Å². The second-order valence-electron chi connectivity index (χ2n) is 7.61. The van der Waals surface area contributed by atoms with Gasteiger partial charge in [0.15, 0.2) is 0 Å². The average Bonchev–Trinajstić information content (AvgIpc) is 3.12. The maximum Gasteiger partial charge on any atom is 0.255 e. The van der Waals surface area contributed by atoms with Gasteiger partial charge in [-0.25, -0.2) is 0 Å². The largest absolute Gasteiger partial charge is 0.357 e. The molecule has 0 spiro atoms. The van der Waals surface area contributed by atoms with Crippen LogP contribution in [-0.2, 0) is 13.0 Å². The van der Waals surface area contributed by atoms with E-state index in [1.54, 1.807) is 12.4 Å². The fourth-order valence-corrected chi connectivity index (χ4v) is 4.63. The summed E-state index contributed by atoms with van der Waals surface area (Å²) in [4.78, 5) is 24.9. The molecule has 1 N–H and O–H groups in total. The molecule has 3 aromatic rings. The number of piperidine rings is 1. The minimum atomic E-state index is 0.109. The van der Waals surface area contributed by atoms with E-state index in [9.17, 15) is 4.79 Å². The van der Waals surface area contributed by atoms with Crippen LogP contribution in [0, 0.1) is 0 Å². The molecule has 27 heavy (non-hydrogen) atoms. The Morgan fingerprint density at radius 3 is 2.74 bits per heavy atom. The van der Waals surface area contributed by atoms with E-state index < -0.39 is 0 Å². The Kier molecular flexibility index (Phi) is 4.17. The second kappa shape index (κ2) is 6.82. The summed E-state index contributed by atoms with van der Waals surface area (Å²) in [6.07, 6.45) is 6.56. The highest BCUT2D eigenvalue weighted by atomic mass is 16.2. The number of H-pyrrole nitrogens is 1. The summed E-state index contributed by atoms with van der Waals surface area (Å²) >= 11 is 0. The van der Waals surface area contributed by atoms with Crippen molar-refractivity contribution in [3.63, 3.8) is 0 Å². The molecular formula is C22H24N4O. The number of hydrogen-bond acceptors (Lipinski definition) is 3. The highest BCUT2D eigenvalue weighted by molar-refractivity contribution is 5.93. The Labute approximate surface area is 159 Å². The van der Waals surface area contributed by atoms with Crippen molar-refractivity contribution in [1.29, 1.82) is 0 Å². The summed E-state index contributed by atoms with van der Waals surface area (Å²) in [6, 6.07) is 12.8. The molecule has 0 bridgehead atoms. The first-order chi connectivity index (χ1) is 13.3. The monoisotopic (exact) mass is 360 g/mol. The van der Waals surface area contributed by atoms with Crippen molar-refractivity contribution in [2.45, 2.75) is 31.8 Å². The Balaban J connectivity index is 1.25. The summed E-state index contributed by atoms with van der Waals surface area (Å²) < 4.78 is 0. The quantitative estimate of drug-likeness (QED) is 0.763. The Morgan fingerprint density at radius 1 is 1.07 bits per heavy atom. The number of aromatic amines is 1. The van der Waals surface area contributed by atoms with Crippen LogP contribution in [0.1, 0.15) is 34.5 Å². The van der Waals surface area contributed by atoms with Gasteiger partial charge < -0.3 is 9.88 Å². The topological polar surface area (TPSA) is 52.2 Å². The van der Waals surface area contributed by atoms with Gasteiger partial charge in [0.25, 0.3) is 5.91 Å². The molecule has 2 aliphatic rings. The predicted octanol–water partition coefficient (Wildman–Crippen LogP) is 3.23. The third kappa shape index (κ3) is 3.02. The average molecular weight is 360 g/mol. The van der Waals surface area contributed by atoms with Gasteiger partial charge in [-0.15, -0.1) is 0 Å². The van der Waals surface area contributed by atoms with Crippen molar-refractivity contribution in [2.24, 2.45) is 0 Å². The molecule has 5 nitrogen and oxygen atoms in total. The normalized spacial score (nSPS) is 18.6. The third-order valence-corrected chi connectivity index (χ3v) is 6.09. The number of aromatic nitrogens is 2. The summed E-state index contributed by atoms with van der Waals surface area (Å²) in [7, 11) is 0. The summed E-state index contributed by atoms with van der Waals surface area (Å²) in [5.41, 5.74) is 4.81. The molecule has 0 saturated carbocycles. The first kappa shape index (κ1) is 16.5. The van der Waals surface area contributed by atoms with E-state index >= 15 is 0 Å². The molecular weight excluding hydrogens is 336 g/mol. The number of nitrogens with one attached hydrogen (secondary N) is 1. The van der Waals surface area contributed by atoms with Gasteiger partial charge >= 0.3 is 0 Å². The number of carbonyl (C=O) groups is 1. The number of carbonyl (C=O) groups excluding carboxylic acids is 1. The fourth-order valence-electron chi connectivity index (χ4n) is 4.63. The van der Waals surface area contributed by atoms with Crippen molar-refractivity contribution >= 4 is 16.8 Å². The molecule has 138 valence electrons. The Morgan fingerprint density at radius 2 is 1.93 bits per heavy atom. The van der Waals surface area contributed by atoms with Gasteiger partial charge in [0, 0.05) is 61.2 Å². The Bertz CT molecular complexity index is 957. The molecule has 1 amide bonds. The lowest BCUT2D eigenvalue weighted by Gasteiger charge is -2.40. The van der Waals surface area contributed by atoms with Gasteiger partial charge in [-0.3, -0.25) is 14.7 Å². The number of pyridine rings is 1. The number of hydrogen-bond donors (Lipinski definition) is 1. The van der Waals surface area contributed by atoms with Crippen LogP contribution in [0.4, 0.5) is 0 Å². The minimum Gasteiger partial charge on any atom is -0.357 e. The van der Waals surface area contributed by atoms with Crippen LogP contribution >= 0.6 is 0 Å². The number of amides is 1. The SMILES string of the molecule is O=C(c1cccnc1)N1CCC(N2CCc3c([nH]c4ccccc34)C2)CC1. The molecule has 4 heterocycles. The highest BCUT2D eigenvalue weighted by Gasteiger charge is 2.30. The van der Waals surface area contributed by atoms with Crippen LogP contribution in [-0.4, -0.2) is 51.4 Å². The van der Waals surface area contributed by atoms with Crippen molar-refractivity contribution < 1.29 is 4.79 Å². The molecule has 1 aromatic carbocycles. The molecule has 2 aliphatic heterocycles.